The maximum absolute atomic E-state index is 12.3. The third-order valence-corrected chi connectivity index (χ3v) is 3.12. The van der Waals surface area contributed by atoms with E-state index in [9.17, 15) is 9.59 Å². The quantitative estimate of drug-likeness (QED) is 0.758. The van der Waals surface area contributed by atoms with Gasteiger partial charge in [-0.25, -0.2) is 0 Å². The van der Waals surface area contributed by atoms with Crippen molar-refractivity contribution in [1.29, 1.82) is 0 Å². The second kappa shape index (κ2) is 6.27. The Kier molecular flexibility index (Phi) is 4.45. The van der Waals surface area contributed by atoms with Crippen LogP contribution in [0.25, 0.3) is 0 Å². The Hall–Kier alpha value is -2.24. The van der Waals surface area contributed by atoms with E-state index in [1.807, 2.05) is 19.1 Å². The highest BCUT2D eigenvalue weighted by molar-refractivity contribution is 5.98. The van der Waals surface area contributed by atoms with Crippen LogP contribution < -0.4 is 16.0 Å². The molecule has 0 saturated heterocycles. The number of hydrogen-bond acceptors (Lipinski definition) is 4. The number of likely N-dealkylation sites (N-methyl/N-ethyl adjacent to an activating group) is 2. The zero-order valence-electron chi connectivity index (χ0n) is 11.8. The van der Waals surface area contributed by atoms with Crippen molar-refractivity contribution in [2.75, 3.05) is 43.9 Å². The molecule has 0 fully saturated rings. The van der Waals surface area contributed by atoms with Crippen LogP contribution in [0.3, 0.4) is 0 Å². The summed E-state index contributed by atoms with van der Waals surface area (Å²) in [5.74, 6) is -0.312. The number of carbonyl (C=O) groups is 2. The predicted octanol–water partition coefficient (Wildman–Crippen LogP) is 0.732. The zero-order chi connectivity index (χ0) is 14.5. The number of benzene rings is 1. The van der Waals surface area contributed by atoms with Crippen LogP contribution in [0.2, 0.25) is 0 Å². The minimum Gasteiger partial charge on any atom is -0.382 e. The number of hydrogen-bond donors (Lipinski definition) is 3. The van der Waals surface area contributed by atoms with Gasteiger partial charge in [-0.1, -0.05) is 0 Å². The van der Waals surface area contributed by atoms with Crippen LogP contribution in [-0.2, 0) is 4.79 Å². The molecule has 0 aromatic heterocycles. The van der Waals surface area contributed by atoms with Gasteiger partial charge in [0.1, 0.15) is 0 Å². The fourth-order valence-corrected chi connectivity index (χ4v) is 2.13. The van der Waals surface area contributed by atoms with Crippen molar-refractivity contribution in [1.82, 2.24) is 10.2 Å². The summed E-state index contributed by atoms with van der Waals surface area (Å²) >= 11 is 0. The summed E-state index contributed by atoms with van der Waals surface area (Å²) in [6.45, 7) is 4.18. The summed E-state index contributed by atoms with van der Waals surface area (Å²) in [5.41, 5.74) is 2.50. The molecule has 1 aromatic rings. The first kappa shape index (κ1) is 14.2. The molecule has 20 heavy (non-hydrogen) atoms. The lowest BCUT2D eigenvalue weighted by molar-refractivity contribution is -0.121. The molecular weight excluding hydrogens is 256 g/mol. The molecule has 0 unspecified atom stereocenters. The highest BCUT2D eigenvalue weighted by atomic mass is 16.2. The molecular formula is C14H20N4O2. The van der Waals surface area contributed by atoms with Gasteiger partial charge in [-0.05, 0) is 25.1 Å². The van der Waals surface area contributed by atoms with Crippen LogP contribution >= 0.6 is 0 Å². The van der Waals surface area contributed by atoms with Gasteiger partial charge in [-0.2, -0.15) is 0 Å². The molecule has 1 aromatic carbocycles. The highest BCUT2D eigenvalue weighted by Crippen LogP contribution is 2.25. The molecule has 0 aliphatic carbocycles. The van der Waals surface area contributed by atoms with Crippen molar-refractivity contribution >= 4 is 23.2 Å². The molecule has 0 atom stereocenters. The number of nitrogens with zero attached hydrogens (tertiary/aromatic N) is 1. The van der Waals surface area contributed by atoms with Crippen LogP contribution in [0.15, 0.2) is 18.2 Å². The average Bonchev–Trinajstić information content (AvgIpc) is 2.46. The Bertz CT molecular complexity index is 516. The topological polar surface area (TPSA) is 73.5 Å². The lowest BCUT2D eigenvalue weighted by atomic mass is 10.1. The summed E-state index contributed by atoms with van der Waals surface area (Å²) in [5, 5.41) is 9.18. The smallest absolute Gasteiger partial charge is 0.254 e. The zero-order valence-corrected chi connectivity index (χ0v) is 11.8. The lowest BCUT2D eigenvalue weighted by Gasteiger charge is -2.22. The molecule has 6 heteroatoms. The van der Waals surface area contributed by atoms with Gasteiger partial charge in [0.25, 0.3) is 5.91 Å². The van der Waals surface area contributed by atoms with Gasteiger partial charge >= 0.3 is 0 Å². The first-order valence-electron chi connectivity index (χ1n) is 6.75. The number of carbonyl (C=O) groups excluding carboxylic acids is 2. The maximum Gasteiger partial charge on any atom is 0.254 e. The molecule has 2 amide bonds. The average molecular weight is 276 g/mol. The van der Waals surface area contributed by atoms with E-state index in [4.69, 9.17) is 0 Å². The van der Waals surface area contributed by atoms with E-state index in [0.717, 1.165) is 24.5 Å². The monoisotopic (exact) mass is 276 g/mol. The third-order valence-electron chi connectivity index (χ3n) is 3.12. The van der Waals surface area contributed by atoms with Gasteiger partial charge in [0, 0.05) is 32.2 Å². The number of rotatable bonds is 4. The van der Waals surface area contributed by atoms with Crippen molar-refractivity contribution in [2.45, 2.75) is 6.92 Å². The number of fused-ring (bicyclic) bond motifs is 1. The molecule has 0 radical (unpaired) electrons. The third kappa shape index (κ3) is 3.20. The normalized spacial score (nSPS) is 12.7. The van der Waals surface area contributed by atoms with Crippen LogP contribution in [0.5, 0.6) is 0 Å². The van der Waals surface area contributed by atoms with E-state index in [-0.39, 0.29) is 18.4 Å². The molecule has 0 spiro atoms. The number of amides is 2. The molecule has 1 aliphatic heterocycles. The van der Waals surface area contributed by atoms with Gasteiger partial charge in [0.05, 0.1) is 17.9 Å². The van der Waals surface area contributed by atoms with Gasteiger partial charge in [-0.3, -0.25) is 9.59 Å². The molecule has 1 aliphatic rings. The van der Waals surface area contributed by atoms with Crippen molar-refractivity contribution in [2.24, 2.45) is 0 Å². The minimum atomic E-state index is -0.161. The van der Waals surface area contributed by atoms with E-state index in [1.165, 1.54) is 4.90 Å². The van der Waals surface area contributed by atoms with Crippen molar-refractivity contribution in [3.05, 3.63) is 23.8 Å². The minimum absolute atomic E-state index is 0.0649. The largest absolute Gasteiger partial charge is 0.382 e. The lowest BCUT2D eigenvalue weighted by Crippen LogP contribution is -2.38. The summed E-state index contributed by atoms with van der Waals surface area (Å²) in [6.07, 6.45) is 0. The van der Waals surface area contributed by atoms with Gasteiger partial charge < -0.3 is 20.9 Å². The van der Waals surface area contributed by atoms with E-state index in [1.54, 1.807) is 13.1 Å². The van der Waals surface area contributed by atoms with Gasteiger partial charge in [0.2, 0.25) is 5.91 Å². The molecule has 3 N–H and O–H groups in total. The number of anilines is 2. The van der Waals surface area contributed by atoms with Crippen molar-refractivity contribution in [3.8, 4) is 0 Å². The van der Waals surface area contributed by atoms with Gasteiger partial charge in [-0.15, -0.1) is 0 Å². The molecule has 108 valence electrons. The Labute approximate surface area is 118 Å². The van der Waals surface area contributed by atoms with Crippen LogP contribution in [0, 0.1) is 0 Å². The van der Waals surface area contributed by atoms with E-state index >= 15 is 0 Å². The predicted molar refractivity (Wildman–Crippen MR) is 79.1 cm³/mol. The summed E-state index contributed by atoms with van der Waals surface area (Å²) in [4.78, 5) is 25.2. The standard InChI is InChI=1S/C14H20N4O2/c1-3-15-13(19)9-18(2)14(20)10-4-5-11-12(8-10)17-7-6-16-11/h4-5,8,16-17H,3,6-7,9H2,1-2H3,(H,15,19). The molecule has 1 heterocycles. The Morgan fingerprint density at radius 2 is 1.95 bits per heavy atom. The molecule has 0 saturated carbocycles. The first-order valence-corrected chi connectivity index (χ1v) is 6.75. The van der Waals surface area contributed by atoms with E-state index in [2.05, 4.69) is 16.0 Å². The highest BCUT2D eigenvalue weighted by Gasteiger charge is 2.17. The molecule has 2 rings (SSSR count). The number of nitrogens with one attached hydrogen (secondary N) is 3. The fourth-order valence-electron chi connectivity index (χ4n) is 2.13. The van der Waals surface area contributed by atoms with Crippen LogP contribution in [-0.4, -0.2) is 49.9 Å². The van der Waals surface area contributed by atoms with Crippen LogP contribution in [0.1, 0.15) is 17.3 Å². The van der Waals surface area contributed by atoms with Crippen molar-refractivity contribution < 1.29 is 9.59 Å². The Morgan fingerprint density at radius 3 is 2.65 bits per heavy atom. The molecule has 0 bridgehead atoms. The van der Waals surface area contributed by atoms with E-state index < -0.39 is 0 Å². The van der Waals surface area contributed by atoms with Gasteiger partial charge in [0.15, 0.2) is 0 Å². The SMILES string of the molecule is CCNC(=O)CN(C)C(=O)c1ccc2c(c1)NCCN2. The maximum atomic E-state index is 12.3. The summed E-state index contributed by atoms with van der Waals surface area (Å²) < 4.78 is 0. The second-order valence-electron chi connectivity index (χ2n) is 4.73. The van der Waals surface area contributed by atoms with Crippen LogP contribution in [0.4, 0.5) is 11.4 Å². The Morgan fingerprint density at radius 1 is 1.25 bits per heavy atom. The molecule has 6 nitrogen and oxygen atoms in total. The fraction of sp³-hybridized carbons (Fsp3) is 0.429. The summed E-state index contributed by atoms with van der Waals surface area (Å²) in [7, 11) is 1.63. The second-order valence-corrected chi connectivity index (χ2v) is 4.73. The van der Waals surface area contributed by atoms with Crippen molar-refractivity contribution in [3.63, 3.8) is 0 Å². The first-order chi connectivity index (χ1) is 9.61. The summed E-state index contributed by atoms with van der Waals surface area (Å²) in [6, 6.07) is 5.47. The Balaban J connectivity index is 2.06. The van der Waals surface area contributed by atoms with E-state index in [0.29, 0.717) is 12.1 Å².